The van der Waals surface area contributed by atoms with Crippen molar-refractivity contribution < 1.29 is 4.79 Å². The Bertz CT molecular complexity index is 687. The number of benzene rings is 1. The van der Waals surface area contributed by atoms with Crippen LogP contribution in [0.4, 0.5) is 0 Å². The van der Waals surface area contributed by atoms with Crippen molar-refractivity contribution in [3.63, 3.8) is 0 Å². The quantitative estimate of drug-likeness (QED) is 0.703. The van der Waals surface area contributed by atoms with Gasteiger partial charge in [0.1, 0.15) is 0 Å². The van der Waals surface area contributed by atoms with E-state index in [1.54, 1.807) is 0 Å². The molecule has 0 bridgehead atoms. The summed E-state index contributed by atoms with van der Waals surface area (Å²) in [5.74, 6) is 1.68. The highest BCUT2D eigenvalue weighted by Gasteiger charge is 2.21. The van der Waals surface area contributed by atoms with Crippen LogP contribution >= 0.6 is 11.3 Å². The minimum absolute atomic E-state index is 0.0547. The largest absolute Gasteiger partial charge is 0.351 e. The van der Waals surface area contributed by atoms with E-state index in [9.17, 15) is 4.79 Å². The lowest BCUT2D eigenvalue weighted by molar-refractivity contribution is 0.0956. The van der Waals surface area contributed by atoms with Crippen LogP contribution < -0.4 is 5.32 Å². The molecular weight excluding hydrogens is 340 g/mol. The summed E-state index contributed by atoms with van der Waals surface area (Å²) in [4.78, 5) is 15.9. The fraction of sp³-hybridized carbons (Fsp3) is 0.500. The van der Waals surface area contributed by atoms with E-state index in [1.165, 1.54) is 30.8 Å². The van der Waals surface area contributed by atoms with Gasteiger partial charge >= 0.3 is 0 Å². The van der Waals surface area contributed by atoms with Crippen LogP contribution in [-0.4, -0.2) is 37.0 Å². The first kappa shape index (κ1) is 19.1. The fourth-order valence-electron chi connectivity index (χ4n) is 4.05. The van der Waals surface area contributed by atoms with Crippen LogP contribution in [0.5, 0.6) is 0 Å². The second-order valence-corrected chi connectivity index (χ2v) is 8.61. The Labute approximate surface area is 161 Å². The molecule has 0 radical (unpaired) electrons. The number of piperidine rings is 1. The number of hydrogen-bond acceptors (Lipinski definition) is 3. The van der Waals surface area contributed by atoms with E-state index >= 15 is 0 Å². The van der Waals surface area contributed by atoms with Crippen LogP contribution in [0.3, 0.4) is 0 Å². The van der Waals surface area contributed by atoms with E-state index in [0.717, 1.165) is 53.8 Å². The summed E-state index contributed by atoms with van der Waals surface area (Å²) in [6.07, 6.45) is 3.55. The van der Waals surface area contributed by atoms with Crippen LogP contribution in [0.25, 0.3) is 11.1 Å². The van der Waals surface area contributed by atoms with Crippen molar-refractivity contribution in [2.75, 3.05) is 26.2 Å². The molecule has 1 aliphatic rings. The number of thiophene rings is 1. The molecule has 4 heteroatoms. The van der Waals surface area contributed by atoms with Gasteiger partial charge in [-0.1, -0.05) is 44.2 Å². The van der Waals surface area contributed by atoms with Gasteiger partial charge in [-0.15, -0.1) is 11.3 Å². The van der Waals surface area contributed by atoms with Crippen molar-refractivity contribution in [2.45, 2.75) is 33.1 Å². The third kappa shape index (κ3) is 5.18. The second-order valence-electron chi connectivity index (χ2n) is 7.70. The van der Waals surface area contributed by atoms with E-state index in [2.05, 4.69) is 36.2 Å². The van der Waals surface area contributed by atoms with E-state index in [1.807, 2.05) is 29.6 Å². The molecular formula is C22H30N2OS. The van der Waals surface area contributed by atoms with Crippen molar-refractivity contribution in [2.24, 2.45) is 11.8 Å². The molecule has 26 heavy (non-hydrogen) atoms. The van der Waals surface area contributed by atoms with Crippen LogP contribution in [0.2, 0.25) is 0 Å². The molecule has 3 rings (SSSR count). The smallest absolute Gasteiger partial charge is 0.261 e. The van der Waals surface area contributed by atoms with E-state index in [4.69, 9.17) is 0 Å². The summed E-state index contributed by atoms with van der Waals surface area (Å²) >= 11 is 1.52. The molecule has 1 fully saturated rings. The lowest BCUT2D eigenvalue weighted by Crippen LogP contribution is -2.39. The molecule has 1 amide bonds. The highest BCUT2D eigenvalue weighted by atomic mass is 32.1. The van der Waals surface area contributed by atoms with Gasteiger partial charge in [0.2, 0.25) is 0 Å². The number of rotatable bonds is 7. The molecule has 2 unspecified atom stereocenters. The fourth-order valence-corrected chi connectivity index (χ4v) is 4.88. The number of likely N-dealkylation sites (tertiary alicyclic amines) is 1. The topological polar surface area (TPSA) is 32.3 Å². The van der Waals surface area contributed by atoms with E-state index in [-0.39, 0.29) is 5.91 Å². The molecule has 0 aliphatic carbocycles. The highest BCUT2D eigenvalue weighted by Crippen LogP contribution is 2.28. The Kier molecular flexibility index (Phi) is 6.86. The molecule has 1 aliphatic heterocycles. The lowest BCUT2D eigenvalue weighted by Gasteiger charge is -2.34. The number of nitrogens with one attached hydrogen (secondary N) is 1. The second kappa shape index (κ2) is 9.33. The first-order valence-corrected chi connectivity index (χ1v) is 10.6. The van der Waals surface area contributed by atoms with Gasteiger partial charge in [0, 0.05) is 25.2 Å². The number of unbranched alkanes of at least 4 members (excludes halogenated alkanes) is 1. The predicted octanol–water partition coefficient (Wildman–Crippen LogP) is 4.90. The van der Waals surface area contributed by atoms with Gasteiger partial charge < -0.3 is 10.2 Å². The Morgan fingerprint density at radius 1 is 1.12 bits per heavy atom. The van der Waals surface area contributed by atoms with Crippen molar-refractivity contribution in [1.82, 2.24) is 10.2 Å². The molecule has 140 valence electrons. The normalized spacial score (nSPS) is 20.8. The minimum atomic E-state index is 0.0547. The number of carbonyl (C=O) groups is 1. The van der Waals surface area contributed by atoms with Crippen molar-refractivity contribution in [3.05, 3.63) is 46.7 Å². The van der Waals surface area contributed by atoms with Crippen LogP contribution in [0.15, 0.2) is 41.8 Å². The Morgan fingerprint density at radius 3 is 2.58 bits per heavy atom. The van der Waals surface area contributed by atoms with Gasteiger partial charge in [0.15, 0.2) is 0 Å². The Morgan fingerprint density at radius 2 is 1.85 bits per heavy atom. The molecule has 2 aromatic rings. The summed E-state index contributed by atoms with van der Waals surface area (Å²) in [5.41, 5.74) is 2.14. The average Bonchev–Trinajstić information content (AvgIpc) is 3.11. The lowest BCUT2D eigenvalue weighted by atomic mass is 9.92. The van der Waals surface area contributed by atoms with Crippen LogP contribution in [0.1, 0.15) is 42.8 Å². The summed E-state index contributed by atoms with van der Waals surface area (Å²) in [7, 11) is 0. The molecule has 1 aromatic carbocycles. The SMILES string of the molecule is CC1CC(C)CN(CCCCNC(=O)c2sccc2-c2ccccc2)C1. The maximum atomic E-state index is 12.5. The first-order valence-electron chi connectivity index (χ1n) is 9.77. The maximum Gasteiger partial charge on any atom is 0.261 e. The van der Waals surface area contributed by atoms with Crippen LogP contribution in [-0.2, 0) is 0 Å². The first-order chi connectivity index (χ1) is 12.6. The maximum absolute atomic E-state index is 12.5. The number of carbonyl (C=O) groups excluding carboxylic acids is 1. The summed E-state index contributed by atoms with van der Waals surface area (Å²) in [6.45, 7) is 9.07. The van der Waals surface area contributed by atoms with Gasteiger partial charge in [-0.3, -0.25) is 4.79 Å². The molecule has 2 heterocycles. The highest BCUT2D eigenvalue weighted by molar-refractivity contribution is 7.12. The Hall–Kier alpha value is -1.65. The molecule has 3 nitrogen and oxygen atoms in total. The number of hydrogen-bond donors (Lipinski definition) is 1. The third-order valence-corrected chi connectivity index (χ3v) is 6.00. The van der Waals surface area contributed by atoms with Gasteiger partial charge in [0.25, 0.3) is 5.91 Å². The molecule has 1 N–H and O–H groups in total. The zero-order chi connectivity index (χ0) is 18.4. The summed E-state index contributed by atoms with van der Waals surface area (Å²) < 4.78 is 0. The predicted molar refractivity (Wildman–Crippen MR) is 111 cm³/mol. The molecule has 1 saturated heterocycles. The van der Waals surface area contributed by atoms with Crippen molar-refractivity contribution in [3.8, 4) is 11.1 Å². The Balaban J connectivity index is 1.42. The van der Waals surface area contributed by atoms with Crippen molar-refractivity contribution >= 4 is 17.2 Å². The summed E-state index contributed by atoms with van der Waals surface area (Å²) in [5, 5.41) is 5.10. The van der Waals surface area contributed by atoms with Crippen molar-refractivity contribution in [1.29, 1.82) is 0 Å². The van der Waals surface area contributed by atoms with Gasteiger partial charge in [-0.25, -0.2) is 0 Å². The monoisotopic (exact) mass is 370 g/mol. The third-order valence-electron chi connectivity index (χ3n) is 5.09. The zero-order valence-corrected chi connectivity index (χ0v) is 16.7. The zero-order valence-electron chi connectivity index (χ0n) is 15.9. The molecule has 1 aromatic heterocycles. The van der Waals surface area contributed by atoms with Gasteiger partial charge in [-0.05, 0) is 54.7 Å². The molecule has 0 spiro atoms. The summed E-state index contributed by atoms with van der Waals surface area (Å²) in [6, 6.07) is 12.2. The van der Waals surface area contributed by atoms with E-state index in [0.29, 0.717) is 0 Å². The number of nitrogens with zero attached hydrogens (tertiary/aromatic N) is 1. The van der Waals surface area contributed by atoms with E-state index < -0.39 is 0 Å². The van der Waals surface area contributed by atoms with Gasteiger partial charge in [-0.2, -0.15) is 0 Å². The standard InChI is InChI=1S/C22H30N2OS/c1-17-14-18(2)16-24(15-17)12-7-6-11-23-22(25)21-20(10-13-26-21)19-8-4-3-5-9-19/h3-5,8-10,13,17-18H,6-7,11-12,14-16H2,1-2H3,(H,23,25). The number of amides is 1. The average molecular weight is 371 g/mol. The minimum Gasteiger partial charge on any atom is -0.351 e. The molecule has 0 saturated carbocycles. The van der Waals surface area contributed by atoms with Crippen LogP contribution in [0, 0.1) is 11.8 Å². The molecule has 2 atom stereocenters. The van der Waals surface area contributed by atoms with Gasteiger partial charge in [0.05, 0.1) is 4.88 Å².